The minimum Gasteiger partial charge on any atom is -0.376 e. The molecule has 0 bridgehead atoms. The highest BCUT2D eigenvalue weighted by atomic mass is 16.5. The maximum Gasteiger partial charge on any atom is 0.0780 e. The van der Waals surface area contributed by atoms with Crippen molar-refractivity contribution in [2.75, 3.05) is 6.61 Å². The second kappa shape index (κ2) is 5.64. The summed E-state index contributed by atoms with van der Waals surface area (Å²) in [5, 5.41) is 0. The van der Waals surface area contributed by atoms with Crippen molar-refractivity contribution in [1.29, 1.82) is 0 Å². The van der Waals surface area contributed by atoms with Gasteiger partial charge in [-0.25, -0.2) is 0 Å². The van der Waals surface area contributed by atoms with E-state index in [1.165, 1.54) is 44.1 Å². The summed E-state index contributed by atoms with van der Waals surface area (Å²) in [7, 11) is 0. The van der Waals surface area contributed by atoms with Gasteiger partial charge in [-0.05, 0) is 38.5 Å². The lowest BCUT2D eigenvalue weighted by Gasteiger charge is -2.24. The lowest BCUT2D eigenvalue weighted by Crippen LogP contribution is -2.45. The zero-order valence-electron chi connectivity index (χ0n) is 9.37. The van der Waals surface area contributed by atoms with E-state index in [4.69, 9.17) is 10.6 Å². The Morgan fingerprint density at radius 2 is 2.27 bits per heavy atom. The second-order valence-corrected chi connectivity index (χ2v) is 4.57. The Balaban J connectivity index is 2.00. The molecule has 0 saturated carbocycles. The van der Waals surface area contributed by atoms with Gasteiger partial charge < -0.3 is 4.74 Å². The molecule has 0 aromatic heterocycles. The van der Waals surface area contributed by atoms with Crippen LogP contribution in [0.15, 0.2) is 11.6 Å². The Kier molecular flexibility index (Phi) is 4.18. The third kappa shape index (κ3) is 2.80. The van der Waals surface area contributed by atoms with E-state index in [0.29, 0.717) is 6.10 Å². The Hall–Kier alpha value is -0.380. The number of hydrogen-bond acceptors (Lipinski definition) is 3. The van der Waals surface area contributed by atoms with Crippen molar-refractivity contribution in [1.82, 2.24) is 5.43 Å². The fourth-order valence-corrected chi connectivity index (χ4v) is 2.64. The molecule has 1 fully saturated rings. The first-order valence-electron chi connectivity index (χ1n) is 6.18. The van der Waals surface area contributed by atoms with Crippen LogP contribution in [0.25, 0.3) is 0 Å². The standard InChI is InChI=1S/C12H22N2O/c13-14-12(11-8-5-9-15-11)10-6-3-1-2-4-7-10/h6,11-12,14H,1-5,7-9,13H2. The van der Waals surface area contributed by atoms with Gasteiger partial charge in [0.15, 0.2) is 0 Å². The van der Waals surface area contributed by atoms with Crippen molar-refractivity contribution in [3.8, 4) is 0 Å². The number of ether oxygens (including phenoxy) is 1. The van der Waals surface area contributed by atoms with Gasteiger partial charge in [-0.2, -0.15) is 0 Å². The van der Waals surface area contributed by atoms with Crippen LogP contribution in [0.4, 0.5) is 0 Å². The molecule has 0 amide bonds. The smallest absolute Gasteiger partial charge is 0.0780 e. The molecule has 1 heterocycles. The fourth-order valence-electron chi connectivity index (χ4n) is 2.64. The minimum atomic E-state index is 0.255. The molecule has 2 unspecified atom stereocenters. The monoisotopic (exact) mass is 210 g/mol. The molecular weight excluding hydrogens is 188 g/mol. The van der Waals surface area contributed by atoms with E-state index >= 15 is 0 Å². The third-order valence-electron chi connectivity index (χ3n) is 3.49. The molecule has 2 rings (SSSR count). The van der Waals surface area contributed by atoms with E-state index in [1.807, 2.05) is 0 Å². The molecule has 0 radical (unpaired) electrons. The average Bonchev–Trinajstić information content (AvgIpc) is 2.63. The molecule has 3 nitrogen and oxygen atoms in total. The van der Waals surface area contributed by atoms with Crippen LogP contribution in [0.3, 0.4) is 0 Å². The largest absolute Gasteiger partial charge is 0.376 e. The van der Waals surface area contributed by atoms with Gasteiger partial charge in [-0.1, -0.05) is 18.1 Å². The summed E-state index contributed by atoms with van der Waals surface area (Å²) in [6.07, 6.45) is 11.4. The van der Waals surface area contributed by atoms with Crippen molar-refractivity contribution in [3.63, 3.8) is 0 Å². The van der Waals surface area contributed by atoms with E-state index in [2.05, 4.69) is 11.5 Å². The Morgan fingerprint density at radius 3 is 3.00 bits per heavy atom. The minimum absolute atomic E-state index is 0.255. The van der Waals surface area contributed by atoms with Crippen molar-refractivity contribution < 1.29 is 4.74 Å². The van der Waals surface area contributed by atoms with Crippen LogP contribution in [0.1, 0.15) is 44.9 Å². The normalized spacial score (nSPS) is 29.7. The van der Waals surface area contributed by atoms with Gasteiger partial charge in [0, 0.05) is 6.61 Å². The first kappa shape index (κ1) is 11.1. The van der Waals surface area contributed by atoms with E-state index < -0.39 is 0 Å². The molecule has 3 N–H and O–H groups in total. The first-order valence-corrected chi connectivity index (χ1v) is 6.18. The Morgan fingerprint density at radius 1 is 1.33 bits per heavy atom. The molecule has 3 heteroatoms. The van der Waals surface area contributed by atoms with E-state index in [9.17, 15) is 0 Å². The molecule has 2 atom stereocenters. The number of hydrogen-bond donors (Lipinski definition) is 2. The molecule has 0 spiro atoms. The molecule has 86 valence electrons. The lowest BCUT2D eigenvalue weighted by molar-refractivity contribution is 0.0875. The first-order chi connectivity index (χ1) is 7.42. The highest BCUT2D eigenvalue weighted by Gasteiger charge is 2.27. The van der Waals surface area contributed by atoms with Gasteiger partial charge in [0.2, 0.25) is 0 Å². The van der Waals surface area contributed by atoms with Crippen LogP contribution >= 0.6 is 0 Å². The van der Waals surface area contributed by atoms with Gasteiger partial charge in [-0.15, -0.1) is 0 Å². The maximum absolute atomic E-state index is 5.72. The van der Waals surface area contributed by atoms with Crippen molar-refractivity contribution >= 4 is 0 Å². The summed E-state index contributed by atoms with van der Waals surface area (Å²) in [5.41, 5.74) is 4.42. The summed E-state index contributed by atoms with van der Waals surface area (Å²) in [4.78, 5) is 0. The van der Waals surface area contributed by atoms with E-state index in [1.54, 1.807) is 0 Å². The molecular formula is C12H22N2O. The summed E-state index contributed by atoms with van der Waals surface area (Å²) < 4.78 is 5.72. The number of nitrogens with two attached hydrogens (primary N) is 1. The van der Waals surface area contributed by atoms with E-state index in [0.717, 1.165) is 13.0 Å². The Bertz CT molecular complexity index is 222. The summed E-state index contributed by atoms with van der Waals surface area (Å²) in [6, 6.07) is 0.255. The zero-order chi connectivity index (χ0) is 10.5. The zero-order valence-corrected chi connectivity index (χ0v) is 9.37. The SMILES string of the molecule is NNC(C1=CCCCCC1)C1CCCO1. The van der Waals surface area contributed by atoms with Crippen LogP contribution in [0, 0.1) is 0 Å². The van der Waals surface area contributed by atoms with Crippen LogP contribution < -0.4 is 11.3 Å². The van der Waals surface area contributed by atoms with Gasteiger partial charge in [0.05, 0.1) is 12.1 Å². The van der Waals surface area contributed by atoms with Crippen molar-refractivity contribution in [2.45, 2.75) is 57.1 Å². The Labute approximate surface area is 92.0 Å². The summed E-state index contributed by atoms with van der Waals surface area (Å²) in [6.45, 7) is 0.899. The van der Waals surface area contributed by atoms with Gasteiger partial charge in [-0.3, -0.25) is 11.3 Å². The van der Waals surface area contributed by atoms with Gasteiger partial charge >= 0.3 is 0 Å². The molecule has 1 aliphatic carbocycles. The maximum atomic E-state index is 5.72. The van der Waals surface area contributed by atoms with Crippen LogP contribution in [-0.4, -0.2) is 18.8 Å². The number of rotatable bonds is 3. The van der Waals surface area contributed by atoms with Crippen molar-refractivity contribution in [3.05, 3.63) is 11.6 Å². The molecule has 15 heavy (non-hydrogen) atoms. The third-order valence-corrected chi connectivity index (χ3v) is 3.49. The summed E-state index contributed by atoms with van der Waals surface area (Å²) >= 11 is 0. The quantitative estimate of drug-likeness (QED) is 0.425. The number of allylic oxidation sites excluding steroid dienone is 1. The molecule has 1 saturated heterocycles. The summed E-state index contributed by atoms with van der Waals surface area (Å²) in [5.74, 6) is 5.66. The molecule has 0 aromatic carbocycles. The highest BCUT2D eigenvalue weighted by Crippen LogP contribution is 2.26. The van der Waals surface area contributed by atoms with Crippen molar-refractivity contribution in [2.24, 2.45) is 5.84 Å². The van der Waals surface area contributed by atoms with Crippen LogP contribution in [0.5, 0.6) is 0 Å². The predicted octanol–water partition coefficient (Wildman–Crippen LogP) is 1.89. The lowest BCUT2D eigenvalue weighted by atomic mass is 9.96. The molecule has 1 aliphatic heterocycles. The highest BCUT2D eigenvalue weighted by molar-refractivity contribution is 5.14. The number of hydrazine groups is 1. The van der Waals surface area contributed by atoms with Gasteiger partial charge in [0.25, 0.3) is 0 Å². The number of nitrogens with one attached hydrogen (secondary N) is 1. The average molecular weight is 210 g/mol. The second-order valence-electron chi connectivity index (χ2n) is 4.57. The van der Waals surface area contributed by atoms with Gasteiger partial charge in [0.1, 0.15) is 0 Å². The fraction of sp³-hybridized carbons (Fsp3) is 0.833. The molecule has 0 aromatic rings. The predicted molar refractivity (Wildman–Crippen MR) is 61.3 cm³/mol. The van der Waals surface area contributed by atoms with Crippen LogP contribution in [-0.2, 0) is 4.74 Å². The van der Waals surface area contributed by atoms with E-state index in [-0.39, 0.29) is 6.04 Å². The van der Waals surface area contributed by atoms with Crippen LogP contribution in [0.2, 0.25) is 0 Å². The molecule has 2 aliphatic rings. The topological polar surface area (TPSA) is 47.3 Å².